The average Bonchev–Trinajstić information content (AvgIpc) is 2.31. The summed E-state index contributed by atoms with van der Waals surface area (Å²) < 4.78 is 12.3. The first-order valence-corrected chi connectivity index (χ1v) is 7.59. The van der Waals surface area contributed by atoms with Gasteiger partial charge in [0, 0.05) is 10.6 Å². The summed E-state index contributed by atoms with van der Waals surface area (Å²) in [6.45, 7) is 0. The number of hydrogen-bond acceptors (Lipinski definition) is 1. The van der Waals surface area contributed by atoms with E-state index in [2.05, 4.69) is 0 Å². The van der Waals surface area contributed by atoms with E-state index >= 15 is 0 Å². The van der Waals surface area contributed by atoms with Crippen molar-refractivity contribution >= 4 is 24.7 Å². The maximum Gasteiger partial charge on any atom is 0.250 e. The van der Waals surface area contributed by atoms with Crippen LogP contribution >= 0.6 is 7.37 Å². The molecule has 0 aromatic rings. The van der Waals surface area contributed by atoms with E-state index in [4.69, 9.17) is 0 Å². The maximum atomic E-state index is 12.3. The molecule has 16 heavy (non-hydrogen) atoms. The van der Waals surface area contributed by atoms with Gasteiger partial charge in [0.25, 0.3) is 0 Å². The van der Waals surface area contributed by atoms with E-state index in [1.54, 1.807) is 0 Å². The zero-order valence-electron chi connectivity index (χ0n) is 9.11. The first-order valence-electron chi connectivity index (χ1n) is 5.93. The summed E-state index contributed by atoms with van der Waals surface area (Å²) in [6, 6.07) is 0. The van der Waals surface area contributed by atoms with Gasteiger partial charge in [0.2, 0.25) is 7.37 Å². The van der Waals surface area contributed by atoms with Gasteiger partial charge in [0.05, 0.1) is 0 Å². The fourth-order valence-electron chi connectivity index (χ4n) is 2.38. The number of rotatable bonds is 2. The molecule has 0 radical (unpaired) electrons. The van der Waals surface area contributed by atoms with Crippen LogP contribution in [0.3, 0.4) is 0 Å². The molecule has 0 fully saturated rings. The van der Waals surface area contributed by atoms with Gasteiger partial charge in [-0.25, -0.2) is 0 Å². The van der Waals surface area contributed by atoms with Crippen LogP contribution in [0.15, 0.2) is 22.8 Å². The third-order valence-corrected chi connectivity index (χ3v) is 5.68. The van der Waals surface area contributed by atoms with Crippen LogP contribution < -0.4 is 0 Å². The largest absolute Gasteiger partial charge is 0.338 e. The van der Waals surface area contributed by atoms with Crippen molar-refractivity contribution in [1.29, 1.82) is 0 Å². The molecule has 0 spiro atoms. The van der Waals surface area contributed by atoms with Crippen LogP contribution in [0, 0.1) is 0 Å². The van der Waals surface area contributed by atoms with Crippen molar-refractivity contribution in [3.05, 3.63) is 22.8 Å². The Hall–Kier alpha value is 0.202. The molecule has 2 nitrogen and oxygen atoms in total. The van der Waals surface area contributed by atoms with E-state index in [0.717, 1.165) is 49.2 Å². The fourth-order valence-corrected chi connectivity index (χ4v) is 4.42. The molecular weight excluding hydrogens is 234 g/mol. The molecule has 2 aliphatic carbocycles. The van der Waals surface area contributed by atoms with Gasteiger partial charge in [0.15, 0.2) is 17.4 Å². The van der Waals surface area contributed by atoms with Crippen LogP contribution in [0.1, 0.15) is 51.4 Å². The second kappa shape index (κ2) is 6.22. The second-order valence-electron chi connectivity index (χ2n) is 4.46. The van der Waals surface area contributed by atoms with Gasteiger partial charge >= 0.3 is 0 Å². The predicted octanol–water partition coefficient (Wildman–Crippen LogP) is 2.99. The second-order valence-corrected chi connectivity index (χ2v) is 6.76. The van der Waals surface area contributed by atoms with Gasteiger partial charge in [-0.3, -0.25) is 4.57 Å². The Labute approximate surface area is 108 Å². The summed E-state index contributed by atoms with van der Waals surface area (Å²) in [5.41, 5.74) is 0. The Kier molecular flexibility index (Phi) is 5.55. The number of allylic oxidation sites excluding steroid dienone is 4. The van der Waals surface area contributed by atoms with Crippen LogP contribution in [-0.2, 0) is 4.57 Å². The minimum absolute atomic E-state index is 0. The van der Waals surface area contributed by atoms with Crippen molar-refractivity contribution in [3.63, 3.8) is 0 Å². The minimum Gasteiger partial charge on any atom is -0.338 e. The van der Waals surface area contributed by atoms with Crippen LogP contribution in [-0.4, -0.2) is 22.3 Å². The van der Waals surface area contributed by atoms with Crippen LogP contribution in [0.25, 0.3) is 0 Å². The lowest BCUT2D eigenvalue weighted by molar-refractivity contribution is 0.484. The highest BCUT2D eigenvalue weighted by Crippen LogP contribution is 2.61. The van der Waals surface area contributed by atoms with Crippen LogP contribution in [0.2, 0.25) is 0 Å². The third kappa shape index (κ3) is 3.11. The summed E-state index contributed by atoms with van der Waals surface area (Å²) in [5, 5.41) is 1.64. The maximum absolute atomic E-state index is 12.3. The molecule has 0 unspecified atom stereocenters. The first-order chi connectivity index (χ1) is 7.21. The van der Waals surface area contributed by atoms with Crippen molar-refractivity contribution in [1.82, 2.24) is 0 Å². The lowest BCUT2D eigenvalue weighted by Gasteiger charge is -2.23. The van der Waals surface area contributed by atoms with Gasteiger partial charge in [0.1, 0.15) is 0 Å². The molecule has 0 amide bonds. The third-order valence-electron chi connectivity index (χ3n) is 3.31. The quantitative estimate of drug-likeness (QED) is 0.609. The monoisotopic (exact) mass is 256 g/mol. The summed E-state index contributed by atoms with van der Waals surface area (Å²) in [5.74, 6) is 0. The van der Waals surface area contributed by atoms with E-state index < -0.39 is 7.37 Å². The summed E-state index contributed by atoms with van der Waals surface area (Å²) >= 11 is 0. The van der Waals surface area contributed by atoms with E-state index in [1.807, 2.05) is 12.2 Å². The lowest BCUT2D eigenvalue weighted by atomic mass is 10.1. The molecule has 1 N–H and O–H groups in total. The standard InChI is InChI=1S/C12H19O2P.Al.3H/c13-15(14,11-7-3-1-4-8-11)12-9-5-2-6-10-12;;;;/h7,9H,1-6,8,10H2,(H,13,14);;;;. The van der Waals surface area contributed by atoms with Crippen molar-refractivity contribution in [2.24, 2.45) is 0 Å². The fraction of sp³-hybridized carbons (Fsp3) is 0.667. The van der Waals surface area contributed by atoms with E-state index in [9.17, 15) is 9.46 Å². The van der Waals surface area contributed by atoms with E-state index in [1.165, 1.54) is 12.8 Å². The Balaban J connectivity index is 0.00000128. The lowest BCUT2D eigenvalue weighted by Crippen LogP contribution is -1.99. The molecule has 0 bridgehead atoms. The molecular formula is C12H22AlO2P. The van der Waals surface area contributed by atoms with Gasteiger partial charge in [-0.15, -0.1) is 0 Å². The summed E-state index contributed by atoms with van der Waals surface area (Å²) in [4.78, 5) is 10.2. The first kappa shape index (κ1) is 14.3. The molecule has 2 aliphatic rings. The summed E-state index contributed by atoms with van der Waals surface area (Å²) in [7, 11) is -3.12. The van der Waals surface area contributed by atoms with Crippen molar-refractivity contribution < 1.29 is 9.46 Å². The van der Waals surface area contributed by atoms with Gasteiger partial charge in [-0.1, -0.05) is 12.2 Å². The van der Waals surface area contributed by atoms with Crippen LogP contribution in [0.4, 0.5) is 0 Å². The van der Waals surface area contributed by atoms with Crippen LogP contribution in [0.5, 0.6) is 0 Å². The molecule has 0 saturated carbocycles. The molecule has 4 heteroatoms. The van der Waals surface area contributed by atoms with E-state index in [0.29, 0.717) is 0 Å². The zero-order chi connectivity index (χ0) is 10.7. The molecule has 0 aliphatic heterocycles. The highest BCUT2D eigenvalue weighted by atomic mass is 31.2. The van der Waals surface area contributed by atoms with Crippen molar-refractivity contribution in [3.8, 4) is 0 Å². The van der Waals surface area contributed by atoms with Gasteiger partial charge < -0.3 is 4.89 Å². The Morgan fingerprint density at radius 3 is 1.69 bits per heavy atom. The average molecular weight is 256 g/mol. The minimum atomic E-state index is -3.12. The molecule has 0 heterocycles. The van der Waals surface area contributed by atoms with Crippen molar-refractivity contribution in [2.75, 3.05) is 0 Å². The Bertz CT molecular complexity index is 317. The predicted molar refractivity (Wildman–Crippen MR) is 72.9 cm³/mol. The Morgan fingerprint density at radius 2 is 1.38 bits per heavy atom. The molecule has 0 saturated heterocycles. The molecule has 0 aromatic carbocycles. The topological polar surface area (TPSA) is 37.3 Å². The normalized spacial score (nSPS) is 21.8. The summed E-state index contributed by atoms with van der Waals surface area (Å²) in [6.07, 6.45) is 12.1. The zero-order valence-corrected chi connectivity index (χ0v) is 10.0. The van der Waals surface area contributed by atoms with E-state index in [-0.39, 0.29) is 17.4 Å². The van der Waals surface area contributed by atoms with Crippen molar-refractivity contribution in [2.45, 2.75) is 51.4 Å². The van der Waals surface area contributed by atoms with Gasteiger partial charge in [-0.05, 0) is 51.4 Å². The smallest absolute Gasteiger partial charge is 0.250 e. The highest BCUT2D eigenvalue weighted by molar-refractivity contribution is 7.66. The molecule has 0 aromatic heterocycles. The number of hydrogen-bond donors (Lipinski definition) is 1. The molecule has 90 valence electrons. The highest BCUT2D eigenvalue weighted by Gasteiger charge is 2.30. The Morgan fingerprint density at radius 1 is 0.938 bits per heavy atom. The SMILES string of the molecule is O=P(O)(C1=CCCCC1)C1=CCCCC1.[AlH3]. The molecule has 0 atom stereocenters. The molecule has 2 rings (SSSR count). The van der Waals surface area contributed by atoms with Gasteiger partial charge in [-0.2, -0.15) is 0 Å².